The zero-order chi connectivity index (χ0) is 15.1. The Kier molecular flexibility index (Phi) is 7.00. The Balaban J connectivity index is 2.00. The van der Waals surface area contributed by atoms with Crippen LogP contribution in [0.25, 0.3) is 0 Å². The van der Waals surface area contributed by atoms with Crippen LogP contribution in [0, 0.1) is 5.92 Å². The third-order valence-corrected chi connectivity index (χ3v) is 4.43. The van der Waals surface area contributed by atoms with Gasteiger partial charge in [0.2, 0.25) is 0 Å². The van der Waals surface area contributed by atoms with Crippen molar-refractivity contribution in [1.29, 1.82) is 0 Å². The summed E-state index contributed by atoms with van der Waals surface area (Å²) >= 11 is 3.62. The largest absolute Gasteiger partial charge is 0.490 e. The first-order valence-corrected chi connectivity index (χ1v) is 8.68. The number of methoxy groups -OCH3 is 1. The highest BCUT2D eigenvalue weighted by Gasteiger charge is 2.26. The van der Waals surface area contributed by atoms with Gasteiger partial charge < -0.3 is 14.8 Å². The maximum atomic E-state index is 5.69. The molecule has 4 heteroatoms. The van der Waals surface area contributed by atoms with E-state index in [0.29, 0.717) is 19.3 Å². The van der Waals surface area contributed by atoms with E-state index in [2.05, 4.69) is 46.4 Å². The van der Waals surface area contributed by atoms with Gasteiger partial charge in [-0.25, -0.2) is 0 Å². The van der Waals surface area contributed by atoms with Gasteiger partial charge in [-0.1, -0.05) is 25.8 Å². The predicted molar refractivity (Wildman–Crippen MR) is 89.9 cm³/mol. The van der Waals surface area contributed by atoms with E-state index in [-0.39, 0.29) is 0 Å². The van der Waals surface area contributed by atoms with Gasteiger partial charge in [0.05, 0.1) is 11.1 Å². The third kappa shape index (κ3) is 5.61. The Hall–Kier alpha value is -0.580. The van der Waals surface area contributed by atoms with Crippen molar-refractivity contribution in [3.05, 3.63) is 28.2 Å². The molecule has 1 fully saturated rings. The molecule has 21 heavy (non-hydrogen) atoms. The molecule has 1 aliphatic carbocycles. The monoisotopic (exact) mass is 355 g/mol. The molecule has 2 rings (SSSR count). The standard InChI is InChI=1S/C17H26BrNO2/c1-3-8-19-16(11-13-4-5-13)14-6-7-17(15(18)12-14)21-10-9-20-2/h6-7,12-13,16,19H,3-5,8-11H2,1-2H3. The minimum Gasteiger partial charge on any atom is -0.490 e. The minimum atomic E-state index is 0.460. The average molecular weight is 356 g/mol. The van der Waals surface area contributed by atoms with Crippen molar-refractivity contribution in [3.8, 4) is 5.75 Å². The maximum Gasteiger partial charge on any atom is 0.133 e. The van der Waals surface area contributed by atoms with Gasteiger partial charge in [0, 0.05) is 13.2 Å². The van der Waals surface area contributed by atoms with E-state index in [1.54, 1.807) is 7.11 Å². The van der Waals surface area contributed by atoms with Crippen molar-refractivity contribution in [1.82, 2.24) is 5.32 Å². The Morgan fingerprint density at radius 2 is 2.14 bits per heavy atom. The summed E-state index contributed by atoms with van der Waals surface area (Å²) in [5, 5.41) is 3.67. The SMILES string of the molecule is CCCNC(CC1CC1)c1ccc(OCCOC)c(Br)c1. The number of nitrogens with one attached hydrogen (secondary N) is 1. The summed E-state index contributed by atoms with van der Waals surface area (Å²) in [6.07, 6.45) is 5.20. The molecule has 118 valence electrons. The van der Waals surface area contributed by atoms with Crippen molar-refractivity contribution in [2.45, 2.75) is 38.6 Å². The van der Waals surface area contributed by atoms with Crippen LogP contribution >= 0.6 is 15.9 Å². The van der Waals surface area contributed by atoms with Crippen LogP contribution in [0.15, 0.2) is 22.7 Å². The molecule has 0 aliphatic heterocycles. The summed E-state index contributed by atoms with van der Waals surface area (Å²) in [5.74, 6) is 1.80. The molecule has 0 aromatic heterocycles. The smallest absolute Gasteiger partial charge is 0.133 e. The van der Waals surface area contributed by atoms with Crippen LogP contribution in [0.3, 0.4) is 0 Å². The van der Waals surface area contributed by atoms with Crippen LogP contribution in [0.2, 0.25) is 0 Å². The molecule has 1 saturated carbocycles. The van der Waals surface area contributed by atoms with Gasteiger partial charge in [0.25, 0.3) is 0 Å². The lowest BCUT2D eigenvalue weighted by molar-refractivity contribution is 0.146. The molecule has 1 aromatic carbocycles. The van der Waals surface area contributed by atoms with Crippen LogP contribution in [-0.4, -0.2) is 26.9 Å². The fraction of sp³-hybridized carbons (Fsp3) is 0.647. The van der Waals surface area contributed by atoms with E-state index in [1.165, 1.54) is 31.2 Å². The molecular weight excluding hydrogens is 330 g/mol. The summed E-state index contributed by atoms with van der Waals surface area (Å²) < 4.78 is 11.7. The lowest BCUT2D eigenvalue weighted by atomic mass is 10.0. The van der Waals surface area contributed by atoms with E-state index >= 15 is 0 Å². The molecule has 0 saturated heterocycles. The van der Waals surface area contributed by atoms with Crippen molar-refractivity contribution in [2.75, 3.05) is 26.9 Å². The maximum absolute atomic E-state index is 5.69. The van der Waals surface area contributed by atoms with E-state index < -0.39 is 0 Å². The average Bonchev–Trinajstić information content (AvgIpc) is 3.29. The number of ether oxygens (including phenoxy) is 2. The molecule has 0 spiro atoms. The zero-order valence-electron chi connectivity index (χ0n) is 13.0. The van der Waals surface area contributed by atoms with Gasteiger partial charge in [-0.2, -0.15) is 0 Å². The predicted octanol–water partition coefficient (Wildman–Crippen LogP) is 4.32. The van der Waals surface area contributed by atoms with Crippen LogP contribution in [-0.2, 0) is 4.74 Å². The van der Waals surface area contributed by atoms with Crippen molar-refractivity contribution >= 4 is 15.9 Å². The number of hydrogen-bond donors (Lipinski definition) is 1. The van der Waals surface area contributed by atoms with Gasteiger partial charge in [0.1, 0.15) is 12.4 Å². The van der Waals surface area contributed by atoms with Gasteiger partial charge in [0.15, 0.2) is 0 Å². The zero-order valence-corrected chi connectivity index (χ0v) is 14.6. The van der Waals surface area contributed by atoms with Crippen LogP contribution in [0.4, 0.5) is 0 Å². The summed E-state index contributed by atoms with van der Waals surface area (Å²) in [7, 11) is 1.68. The quantitative estimate of drug-likeness (QED) is 0.634. The van der Waals surface area contributed by atoms with Gasteiger partial charge in [-0.05, 0) is 58.9 Å². The lowest BCUT2D eigenvalue weighted by Gasteiger charge is -2.20. The molecule has 1 N–H and O–H groups in total. The normalized spacial score (nSPS) is 16.0. The fourth-order valence-electron chi connectivity index (χ4n) is 2.43. The molecule has 3 nitrogen and oxygen atoms in total. The minimum absolute atomic E-state index is 0.460. The van der Waals surface area contributed by atoms with E-state index in [9.17, 15) is 0 Å². The molecule has 0 heterocycles. The van der Waals surface area contributed by atoms with Gasteiger partial charge in [-0.3, -0.25) is 0 Å². The fourth-order valence-corrected chi connectivity index (χ4v) is 2.94. The van der Waals surface area contributed by atoms with Gasteiger partial charge >= 0.3 is 0 Å². The highest BCUT2D eigenvalue weighted by atomic mass is 79.9. The van der Waals surface area contributed by atoms with E-state index in [1.807, 2.05) is 0 Å². The first-order valence-electron chi connectivity index (χ1n) is 7.89. The third-order valence-electron chi connectivity index (χ3n) is 3.81. The van der Waals surface area contributed by atoms with Crippen molar-refractivity contribution < 1.29 is 9.47 Å². The van der Waals surface area contributed by atoms with Gasteiger partial charge in [-0.15, -0.1) is 0 Å². The number of hydrogen-bond acceptors (Lipinski definition) is 3. The first kappa shape index (κ1) is 16.8. The first-order chi connectivity index (χ1) is 10.2. The molecule has 1 unspecified atom stereocenters. The number of halogens is 1. The lowest BCUT2D eigenvalue weighted by Crippen LogP contribution is -2.22. The Morgan fingerprint density at radius 3 is 2.76 bits per heavy atom. The van der Waals surface area contributed by atoms with E-state index in [4.69, 9.17) is 9.47 Å². The molecular formula is C17H26BrNO2. The Labute approximate surface area is 136 Å². The summed E-state index contributed by atoms with van der Waals surface area (Å²) in [5.41, 5.74) is 1.35. The molecule has 0 radical (unpaired) electrons. The molecule has 1 aliphatic rings. The Bertz CT molecular complexity index is 435. The summed E-state index contributed by atoms with van der Waals surface area (Å²) in [6.45, 7) is 4.47. The highest BCUT2D eigenvalue weighted by molar-refractivity contribution is 9.10. The molecule has 1 aromatic rings. The second-order valence-corrected chi connectivity index (χ2v) is 6.57. The molecule has 0 bridgehead atoms. The van der Waals surface area contributed by atoms with E-state index in [0.717, 1.165) is 22.7 Å². The van der Waals surface area contributed by atoms with Crippen molar-refractivity contribution in [3.63, 3.8) is 0 Å². The van der Waals surface area contributed by atoms with Crippen LogP contribution in [0.5, 0.6) is 5.75 Å². The topological polar surface area (TPSA) is 30.5 Å². The number of rotatable bonds is 10. The van der Waals surface area contributed by atoms with Crippen molar-refractivity contribution in [2.24, 2.45) is 5.92 Å². The van der Waals surface area contributed by atoms with Crippen LogP contribution in [0.1, 0.15) is 44.2 Å². The van der Waals surface area contributed by atoms with Crippen LogP contribution < -0.4 is 10.1 Å². The molecule has 1 atom stereocenters. The Morgan fingerprint density at radius 1 is 1.33 bits per heavy atom. The number of benzene rings is 1. The molecule has 0 amide bonds. The highest BCUT2D eigenvalue weighted by Crippen LogP contribution is 2.39. The second kappa shape index (κ2) is 8.76. The second-order valence-electron chi connectivity index (χ2n) is 5.72. The summed E-state index contributed by atoms with van der Waals surface area (Å²) in [4.78, 5) is 0. The summed E-state index contributed by atoms with van der Waals surface area (Å²) in [6, 6.07) is 6.89.